The van der Waals surface area contributed by atoms with E-state index in [0.717, 1.165) is 16.7 Å². The van der Waals surface area contributed by atoms with Crippen LogP contribution in [0.3, 0.4) is 0 Å². The molecule has 3 aromatic rings. The average Bonchev–Trinajstić information content (AvgIpc) is 3.12. The van der Waals surface area contributed by atoms with Gasteiger partial charge >= 0.3 is 6.01 Å². The van der Waals surface area contributed by atoms with Gasteiger partial charge in [-0.15, -0.1) is 5.10 Å². The Kier molecular flexibility index (Phi) is 6.34. The molecular formula is C20H20ClN3O4S. The van der Waals surface area contributed by atoms with E-state index in [1.165, 1.54) is 24.3 Å². The second-order valence-corrected chi connectivity index (χ2v) is 9.20. The van der Waals surface area contributed by atoms with Gasteiger partial charge < -0.3 is 4.42 Å². The van der Waals surface area contributed by atoms with Crippen molar-refractivity contribution in [2.24, 2.45) is 0 Å². The summed E-state index contributed by atoms with van der Waals surface area (Å²) in [6.07, 6.45) is 0.169. The summed E-state index contributed by atoms with van der Waals surface area (Å²) in [5, 5.41) is 10.8. The molecule has 0 unspecified atom stereocenters. The second kappa shape index (κ2) is 8.75. The molecule has 0 saturated heterocycles. The predicted octanol–water partition coefficient (Wildman–Crippen LogP) is 4.20. The lowest BCUT2D eigenvalue weighted by atomic mass is 10.1. The fraction of sp³-hybridized carbons (Fsp3) is 0.250. The lowest BCUT2D eigenvalue weighted by molar-refractivity contribution is -0.116. The van der Waals surface area contributed by atoms with E-state index < -0.39 is 15.7 Å². The minimum Gasteiger partial charge on any atom is -0.403 e. The number of sulfone groups is 1. The Hall–Kier alpha value is -2.71. The SMILES string of the molecule is Cc1ccc(C)c(-c2nnc(NC(=O)CCCS(=O)(=O)c3ccc(Cl)cc3)o2)c1. The van der Waals surface area contributed by atoms with E-state index in [2.05, 4.69) is 15.5 Å². The van der Waals surface area contributed by atoms with Crippen LogP contribution >= 0.6 is 11.6 Å². The molecule has 2 aromatic carbocycles. The van der Waals surface area contributed by atoms with Gasteiger partial charge in [-0.1, -0.05) is 34.4 Å². The van der Waals surface area contributed by atoms with Crippen molar-refractivity contribution in [3.63, 3.8) is 0 Å². The van der Waals surface area contributed by atoms with Gasteiger partial charge in [-0.3, -0.25) is 10.1 Å². The molecule has 0 fully saturated rings. The molecule has 0 atom stereocenters. The molecule has 0 aliphatic carbocycles. The molecule has 152 valence electrons. The molecule has 1 amide bonds. The van der Waals surface area contributed by atoms with Crippen LogP contribution in [0.1, 0.15) is 24.0 Å². The van der Waals surface area contributed by atoms with Crippen molar-refractivity contribution in [2.75, 3.05) is 11.1 Å². The van der Waals surface area contributed by atoms with Crippen molar-refractivity contribution in [2.45, 2.75) is 31.6 Å². The zero-order valence-corrected chi connectivity index (χ0v) is 17.5. The number of halogens is 1. The maximum atomic E-state index is 12.3. The zero-order valence-electron chi connectivity index (χ0n) is 16.0. The van der Waals surface area contributed by atoms with Crippen LogP contribution < -0.4 is 5.32 Å². The Bertz CT molecular complexity index is 1120. The number of nitrogens with zero attached hydrogens (tertiary/aromatic N) is 2. The van der Waals surface area contributed by atoms with Crippen LogP contribution in [0.5, 0.6) is 0 Å². The first-order valence-electron chi connectivity index (χ1n) is 8.94. The Balaban J connectivity index is 1.56. The maximum Gasteiger partial charge on any atom is 0.322 e. The van der Waals surface area contributed by atoms with Gasteiger partial charge in [0.1, 0.15) is 0 Å². The van der Waals surface area contributed by atoms with Gasteiger partial charge in [-0.25, -0.2) is 8.42 Å². The van der Waals surface area contributed by atoms with Crippen LogP contribution in [0.2, 0.25) is 5.02 Å². The first kappa shape index (κ1) is 21.0. The first-order valence-corrected chi connectivity index (χ1v) is 11.0. The van der Waals surface area contributed by atoms with Gasteiger partial charge in [0, 0.05) is 17.0 Å². The third-order valence-corrected chi connectivity index (χ3v) is 6.35. The van der Waals surface area contributed by atoms with E-state index in [-0.39, 0.29) is 29.5 Å². The number of carbonyl (C=O) groups excluding carboxylic acids is 1. The highest BCUT2D eigenvalue weighted by atomic mass is 35.5. The van der Waals surface area contributed by atoms with Crippen LogP contribution in [-0.2, 0) is 14.6 Å². The third kappa shape index (κ3) is 5.42. The van der Waals surface area contributed by atoms with E-state index >= 15 is 0 Å². The smallest absolute Gasteiger partial charge is 0.322 e. The summed E-state index contributed by atoms with van der Waals surface area (Å²) in [5.41, 5.74) is 2.83. The Labute approximate surface area is 174 Å². The molecule has 0 aliphatic rings. The molecule has 29 heavy (non-hydrogen) atoms. The second-order valence-electron chi connectivity index (χ2n) is 6.66. The summed E-state index contributed by atoms with van der Waals surface area (Å²) >= 11 is 5.77. The number of rotatable bonds is 7. The summed E-state index contributed by atoms with van der Waals surface area (Å²) in [4.78, 5) is 12.3. The number of amides is 1. The Morgan fingerprint density at radius 3 is 2.55 bits per heavy atom. The average molecular weight is 434 g/mol. The van der Waals surface area contributed by atoms with Gasteiger partial charge in [-0.05, 0) is 56.2 Å². The molecule has 1 aromatic heterocycles. The van der Waals surface area contributed by atoms with E-state index in [9.17, 15) is 13.2 Å². The van der Waals surface area contributed by atoms with Gasteiger partial charge in [0.2, 0.25) is 11.8 Å². The number of carbonyl (C=O) groups is 1. The highest BCUT2D eigenvalue weighted by Crippen LogP contribution is 2.24. The van der Waals surface area contributed by atoms with Gasteiger partial charge in [0.05, 0.1) is 10.6 Å². The van der Waals surface area contributed by atoms with Crippen molar-refractivity contribution in [1.82, 2.24) is 10.2 Å². The van der Waals surface area contributed by atoms with Gasteiger partial charge in [-0.2, -0.15) is 0 Å². The minimum atomic E-state index is -3.48. The minimum absolute atomic E-state index is 0.00794. The molecule has 1 N–H and O–H groups in total. The summed E-state index contributed by atoms with van der Waals surface area (Å²) in [6, 6.07) is 11.8. The van der Waals surface area contributed by atoms with Crippen LogP contribution in [0.15, 0.2) is 51.8 Å². The summed E-state index contributed by atoms with van der Waals surface area (Å²) in [5.74, 6) is -0.237. The molecule has 3 rings (SSSR count). The topological polar surface area (TPSA) is 102 Å². The summed E-state index contributed by atoms with van der Waals surface area (Å²) < 4.78 is 30.1. The van der Waals surface area contributed by atoms with Gasteiger partial charge in [0.25, 0.3) is 0 Å². The fourth-order valence-corrected chi connectivity index (χ4v) is 4.15. The quantitative estimate of drug-likeness (QED) is 0.599. The number of hydrogen-bond donors (Lipinski definition) is 1. The van der Waals surface area contributed by atoms with Crippen LogP contribution in [0.4, 0.5) is 6.01 Å². The number of hydrogen-bond acceptors (Lipinski definition) is 6. The third-order valence-electron chi connectivity index (χ3n) is 4.28. The number of aromatic nitrogens is 2. The highest BCUT2D eigenvalue weighted by Gasteiger charge is 2.17. The molecule has 0 saturated carbocycles. The first-order chi connectivity index (χ1) is 13.7. The molecule has 0 spiro atoms. The predicted molar refractivity (Wildman–Crippen MR) is 111 cm³/mol. The molecule has 9 heteroatoms. The van der Waals surface area contributed by atoms with E-state index in [0.29, 0.717) is 10.9 Å². The summed E-state index contributed by atoms with van der Waals surface area (Å²) in [7, 11) is -3.48. The van der Waals surface area contributed by atoms with Crippen LogP contribution in [-0.4, -0.2) is 30.3 Å². The van der Waals surface area contributed by atoms with Crippen molar-refractivity contribution in [3.8, 4) is 11.5 Å². The fourth-order valence-electron chi connectivity index (χ4n) is 2.71. The number of nitrogens with one attached hydrogen (secondary N) is 1. The number of benzene rings is 2. The van der Waals surface area contributed by atoms with Crippen molar-refractivity contribution >= 4 is 33.4 Å². The molecule has 1 heterocycles. The van der Waals surface area contributed by atoms with Gasteiger partial charge in [0.15, 0.2) is 9.84 Å². The van der Waals surface area contributed by atoms with E-state index in [1.807, 2.05) is 32.0 Å². The normalized spacial score (nSPS) is 11.4. The molecule has 0 bridgehead atoms. The van der Waals surface area contributed by atoms with Crippen molar-refractivity contribution < 1.29 is 17.6 Å². The van der Waals surface area contributed by atoms with Crippen LogP contribution in [0, 0.1) is 13.8 Å². The molecular weight excluding hydrogens is 414 g/mol. The Morgan fingerprint density at radius 2 is 1.83 bits per heavy atom. The summed E-state index contributed by atoms with van der Waals surface area (Å²) in [6.45, 7) is 3.89. The maximum absolute atomic E-state index is 12.3. The molecule has 0 aliphatic heterocycles. The Morgan fingerprint density at radius 1 is 1.10 bits per heavy atom. The number of anilines is 1. The van der Waals surface area contributed by atoms with Crippen molar-refractivity contribution in [1.29, 1.82) is 0 Å². The van der Waals surface area contributed by atoms with Crippen LogP contribution in [0.25, 0.3) is 11.5 Å². The zero-order chi connectivity index (χ0) is 21.0. The monoisotopic (exact) mass is 433 g/mol. The number of aryl methyl sites for hydroxylation is 2. The lowest BCUT2D eigenvalue weighted by Gasteiger charge is -2.05. The van der Waals surface area contributed by atoms with E-state index in [4.69, 9.17) is 16.0 Å². The molecule has 7 nitrogen and oxygen atoms in total. The lowest BCUT2D eigenvalue weighted by Crippen LogP contribution is -2.14. The van der Waals surface area contributed by atoms with E-state index in [1.54, 1.807) is 0 Å². The molecule has 0 radical (unpaired) electrons. The standard InChI is InChI=1S/C20H20ClN3O4S/c1-13-5-6-14(2)17(12-13)19-23-24-20(28-19)22-18(25)4-3-11-29(26,27)16-9-7-15(21)8-10-16/h5-10,12H,3-4,11H2,1-2H3,(H,22,24,25). The van der Waals surface area contributed by atoms with Crippen molar-refractivity contribution in [3.05, 3.63) is 58.6 Å². The largest absolute Gasteiger partial charge is 0.403 e. The highest BCUT2D eigenvalue weighted by molar-refractivity contribution is 7.91.